The van der Waals surface area contributed by atoms with Crippen LogP contribution in [0.4, 0.5) is 0 Å². The molecule has 0 unspecified atom stereocenters. The molecule has 0 aliphatic carbocycles. The number of hydrogen-bond acceptors (Lipinski definition) is 4. The van der Waals surface area contributed by atoms with Crippen LogP contribution in [0.15, 0.2) is 192 Å². The number of aromatic nitrogens is 3. The van der Waals surface area contributed by atoms with Crippen molar-refractivity contribution in [2.45, 2.75) is 0 Å². The van der Waals surface area contributed by atoms with E-state index in [9.17, 15) is 0 Å². The van der Waals surface area contributed by atoms with Gasteiger partial charge in [0.15, 0.2) is 17.5 Å². The van der Waals surface area contributed by atoms with Crippen molar-refractivity contribution >= 4 is 54.3 Å². The number of rotatable bonds is 5. The van der Waals surface area contributed by atoms with Gasteiger partial charge < -0.3 is 4.42 Å². The Morgan fingerprint density at radius 2 is 0.873 bits per heavy atom. The smallest absolute Gasteiger partial charge is 0.164 e. The van der Waals surface area contributed by atoms with E-state index in [0.717, 1.165) is 60.5 Å². The van der Waals surface area contributed by atoms with Crippen LogP contribution in [-0.2, 0) is 0 Å². The van der Waals surface area contributed by atoms with E-state index >= 15 is 0 Å². The van der Waals surface area contributed by atoms with E-state index in [4.69, 9.17) is 19.4 Å². The normalized spacial score (nSPS) is 11.6. The van der Waals surface area contributed by atoms with Crippen molar-refractivity contribution in [2.24, 2.45) is 0 Å². The molecule has 11 rings (SSSR count). The molecular formula is C51H31N3O. The first-order chi connectivity index (χ1) is 27.2. The lowest BCUT2D eigenvalue weighted by atomic mass is 9.93. The summed E-state index contributed by atoms with van der Waals surface area (Å²) in [7, 11) is 0. The van der Waals surface area contributed by atoms with Crippen LogP contribution in [0.3, 0.4) is 0 Å². The number of fused-ring (bicyclic) bond motifs is 8. The maximum atomic E-state index is 6.57. The molecule has 0 radical (unpaired) electrons. The minimum absolute atomic E-state index is 0.598. The minimum atomic E-state index is 0.598. The van der Waals surface area contributed by atoms with Gasteiger partial charge in [-0.05, 0) is 78.8 Å². The van der Waals surface area contributed by atoms with Gasteiger partial charge in [-0.15, -0.1) is 0 Å². The topological polar surface area (TPSA) is 51.8 Å². The maximum Gasteiger partial charge on any atom is 0.164 e. The summed E-state index contributed by atoms with van der Waals surface area (Å²) in [6, 6.07) is 65.7. The molecule has 4 nitrogen and oxygen atoms in total. The molecule has 4 heteroatoms. The molecule has 0 saturated heterocycles. The summed E-state index contributed by atoms with van der Waals surface area (Å²) in [5, 5.41) is 9.09. The van der Waals surface area contributed by atoms with Gasteiger partial charge in [-0.25, -0.2) is 15.0 Å². The second-order valence-electron chi connectivity index (χ2n) is 14.0. The maximum absolute atomic E-state index is 6.57. The van der Waals surface area contributed by atoms with Crippen molar-refractivity contribution in [3.05, 3.63) is 188 Å². The Morgan fingerprint density at radius 3 is 1.65 bits per heavy atom. The molecule has 256 valence electrons. The summed E-state index contributed by atoms with van der Waals surface area (Å²) in [5.41, 5.74) is 9.01. The Balaban J connectivity index is 1.09. The summed E-state index contributed by atoms with van der Waals surface area (Å²) >= 11 is 0. The van der Waals surface area contributed by atoms with Crippen LogP contribution in [0.2, 0.25) is 0 Å². The van der Waals surface area contributed by atoms with Gasteiger partial charge in [-0.3, -0.25) is 0 Å². The highest BCUT2D eigenvalue weighted by molar-refractivity contribution is 6.23. The van der Waals surface area contributed by atoms with Crippen LogP contribution < -0.4 is 0 Å². The summed E-state index contributed by atoms with van der Waals surface area (Å²) in [6.07, 6.45) is 0. The first kappa shape index (κ1) is 31.1. The van der Waals surface area contributed by atoms with E-state index in [-0.39, 0.29) is 0 Å². The number of hydrogen-bond donors (Lipinski definition) is 0. The van der Waals surface area contributed by atoms with Crippen LogP contribution in [0.1, 0.15) is 0 Å². The lowest BCUT2D eigenvalue weighted by molar-refractivity contribution is 0.669. The van der Waals surface area contributed by atoms with Crippen LogP contribution >= 0.6 is 0 Å². The first-order valence-corrected chi connectivity index (χ1v) is 18.5. The third-order valence-corrected chi connectivity index (χ3v) is 10.7. The highest BCUT2D eigenvalue weighted by Gasteiger charge is 2.20. The quantitative estimate of drug-likeness (QED) is 0.168. The second-order valence-corrected chi connectivity index (χ2v) is 14.0. The Kier molecular flexibility index (Phi) is 7.14. The molecule has 0 saturated carbocycles. The molecule has 11 aromatic rings. The zero-order chi connectivity index (χ0) is 36.3. The number of nitrogens with zero attached hydrogens (tertiary/aromatic N) is 3. The van der Waals surface area contributed by atoms with Crippen LogP contribution in [-0.4, -0.2) is 15.0 Å². The van der Waals surface area contributed by atoms with Gasteiger partial charge in [0.05, 0.1) is 0 Å². The molecule has 0 aliphatic rings. The third kappa shape index (κ3) is 5.26. The molecule has 2 aromatic heterocycles. The summed E-state index contributed by atoms with van der Waals surface area (Å²) < 4.78 is 6.57. The van der Waals surface area contributed by atoms with E-state index in [1.165, 1.54) is 32.7 Å². The third-order valence-electron chi connectivity index (χ3n) is 10.7. The van der Waals surface area contributed by atoms with E-state index in [1.54, 1.807) is 0 Å². The zero-order valence-corrected chi connectivity index (χ0v) is 29.6. The fourth-order valence-corrected chi connectivity index (χ4v) is 8.07. The highest BCUT2D eigenvalue weighted by Crippen LogP contribution is 2.41. The largest absolute Gasteiger partial charge is 0.456 e. The lowest BCUT2D eigenvalue weighted by Crippen LogP contribution is -2.01. The van der Waals surface area contributed by atoms with Crippen LogP contribution in [0, 0.1) is 0 Å². The molecule has 0 atom stereocenters. The number of furan rings is 1. The Hall–Kier alpha value is -7.43. The zero-order valence-electron chi connectivity index (χ0n) is 29.6. The van der Waals surface area contributed by atoms with Gasteiger partial charge in [0, 0.05) is 27.5 Å². The fraction of sp³-hybridized carbons (Fsp3) is 0. The molecule has 9 aromatic carbocycles. The monoisotopic (exact) mass is 701 g/mol. The van der Waals surface area contributed by atoms with Crippen LogP contribution in [0.25, 0.3) is 111 Å². The van der Waals surface area contributed by atoms with Gasteiger partial charge in [0.25, 0.3) is 0 Å². The van der Waals surface area contributed by atoms with Gasteiger partial charge >= 0.3 is 0 Å². The molecule has 0 amide bonds. The van der Waals surface area contributed by atoms with Crippen LogP contribution in [0.5, 0.6) is 0 Å². The lowest BCUT2D eigenvalue weighted by Gasteiger charge is -2.14. The van der Waals surface area contributed by atoms with Crippen molar-refractivity contribution < 1.29 is 4.42 Å². The van der Waals surface area contributed by atoms with Crippen molar-refractivity contribution in [3.63, 3.8) is 0 Å². The summed E-state index contributed by atoms with van der Waals surface area (Å²) in [5.74, 6) is 1.84. The van der Waals surface area contributed by atoms with Crippen molar-refractivity contribution in [2.75, 3.05) is 0 Å². The van der Waals surface area contributed by atoms with Gasteiger partial charge in [-0.2, -0.15) is 0 Å². The molecule has 55 heavy (non-hydrogen) atoms. The Morgan fingerprint density at radius 1 is 0.291 bits per heavy atom. The highest BCUT2D eigenvalue weighted by atomic mass is 16.3. The van der Waals surface area contributed by atoms with Crippen molar-refractivity contribution in [3.8, 4) is 56.4 Å². The molecule has 0 spiro atoms. The SMILES string of the molecule is c1ccc(-c2ccc(-c3ccc4c(c3)oc3cccc(-c5nc(-c6ccccc6)nc(-c6cc7ccc8ccccc8c7c7ccccc67)n5)c34)cc2)cc1. The molecule has 0 aliphatic heterocycles. The van der Waals surface area contributed by atoms with E-state index in [2.05, 4.69) is 152 Å². The van der Waals surface area contributed by atoms with Gasteiger partial charge in [0.1, 0.15) is 11.2 Å². The molecular weight excluding hydrogens is 671 g/mol. The Labute approximate surface area is 317 Å². The molecule has 2 heterocycles. The van der Waals surface area contributed by atoms with E-state index < -0.39 is 0 Å². The fourth-order valence-electron chi connectivity index (χ4n) is 8.07. The van der Waals surface area contributed by atoms with Gasteiger partial charge in [-0.1, -0.05) is 164 Å². The molecule has 0 bridgehead atoms. The Bertz CT molecular complexity index is 3240. The van der Waals surface area contributed by atoms with Gasteiger partial charge in [0.2, 0.25) is 0 Å². The summed E-state index contributed by atoms with van der Waals surface area (Å²) in [6.45, 7) is 0. The first-order valence-electron chi connectivity index (χ1n) is 18.5. The standard InChI is InChI=1S/C51H31N3O/c1-3-12-32(13-4-1)33-22-24-34(25-23-33)37-28-29-42-46(31-37)55-45-21-11-20-43(48(42)45)50-52-49(36-15-5-2-6-16-36)53-51(54-50)44-30-38-27-26-35-14-7-8-17-39(35)47(38)41-19-10-9-18-40(41)44/h1-31H. The number of benzene rings is 9. The van der Waals surface area contributed by atoms with E-state index in [1.807, 2.05) is 36.4 Å². The predicted molar refractivity (Wildman–Crippen MR) is 227 cm³/mol. The van der Waals surface area contributed by atoms with E-state index in [0.29, 0.717) is 17.5 Å². The van der Waals surface area contributed by atoms with Crippen molar-refractivity contribution in [1.29, 1.82) is 0 Å². The second kappa shape index (κ2) is 12.6. The molecule has 0 fully saturated rings. The van der Waals surface area contributed by atoms with Crippen molar-refractivity contribution in [1.82, 2.24) is 15.0 Å². The predicted octanol–water partition coefficient (Wildman–Crippen LogP) is 13.6. The average Bonchev–Trinajstić information content (AvgIpc) is 3.65. The molecule has 0 N–H and O–H groups in total. The average molecular weight is 702 g/mol. The summed E-state index contributed by atoms with van der Waals surface area (Å²) in [4.78, 5) is 15.6. The minimum Gasteiger partial charge on any atom is -0.456 e.